The van der Waals surface area contributed by atoms with Gasteiger partial charge in [0.05, 0.1) is 17.7 Å². The Morgan fingerprint density at radius 3 is 2.16 bits per heavy atom. The zero-order valence-electron chi connectivity index (χ0n) is 31.8. The second-order valence-electron chi connectivity index (χ2n) is 13.9. The summed E-state index contributed by atoms with van der Waals surface area (Å²) in [5.74, 6) is 1.68. The number of hydrogen-bond acceptors (Lipinski definition) is 4. The first-order chi connectivity index (χ1) is 26.9. The van der Waals surface area contributed by atoms with Crippen molar-refractivity contribution in [3.63, 3.8) is 0 Å². The molecule has 0 aliphatic rings. The van der Waals surface area contributed by atoms with Gasteiger partial charge in [0.2, 0.25) is 6.54 Å². The van der Waals surface area contributed by atoms with Crippen molar-refractivity contribution in [3.8, 4) is 11.5 Å². The molecule has 280 valence electrons. The van der Waals surface area contributed by atoms with Crippen LogP contribution in [-0.2, 0) is 11.3 Å². The molecule has 0 spiro atoms. The number of hydrogen-bond donors (Lipinski definition) is 3. The van der Waals surface area contributed by atoms with Gasteiger partial charge < -0.3 is 25.1 Å². The fourth-order valence-electron chi connectivity index (χ4n) is 7.34. The number of ether oxygens (including phenoxy) is 2. The lowest BCUT2D eigenvalue weighted by Gasteiger charge is -2.14. The number of carbonyl (C=O) groups excluding carboxylic acids is 1. The predicted molar refractivity (Wildman–Crippen MR) is 226 cm³/mol. The molecule has 7 rings (SSSR count). The number of aromatic amines is 1. The molecule has 1 amide bonds. The summed E-state index contributed by atoms with van der Waals surface area (Å²) in [7, 11) is 1.69. The van der Waals surface area contributed by atoms with E-state index in [-0.39, 0.29) is 12.5 Å². The van der Waals surface area contributed by atoms with E-state index in [0.717, 1.165) is 87.9 Å². The topological polar surface area (TPSA) is 79.3 Å². The van der Waals surface area contributed by atoms with Crippen LogP contribution >= 0.6 is 11.6 Å². The Kier molecular flexibility index (Phi) is 12.1. The molecule has 0 radical (unpaired) electrons. The van der Waals surface area contributed by atoms with Gasteiger partial charge >= 0.3 is 0 Å². The maximum Gasteiger partial charge on any atom is 0.285 e. The Morgan fingerprint density at radius 2 is 1.42 bits per heavy atom. The molecule has 3 N–H and O–H groups in total. The lowest BCUT2D eigenvalue weighted by Crippen LogP contribution is -2.42. The summed E-state index contributed by atoms with van der Waals surface area (Å²) in [6, 6.07) is 36.7. The summed E-state index contributed by atoms with van der Waals surface area (Å²) in [5.41, 5.74) is 8.70. The highest BCUT2D eigenvalue weighted by atomic mass is 35.5. The second kappa shape index (κ2) is 17.7. The average Bonchev–Trinajstić information content (AvgIpc) is 3.61. The zero-order chi connectivity index (χ0) is 38.1. The number of H-pyrrole nitrogens is 1. The van der Waals surface area contributed by atoms with Crippen molar-refractivity contribution < 1.29 is 18.8 Å². The van der Waals surface area contributed by atoms with Gasteiger partial charge in [-0.05, 0) is 96.8 Å². The van der Waals surface area contributed by atoms with Crippen molar-refractivity contribution in [2.24, 2.45) is 0 Å². The van der Waals surface area contributed by atoms with Gasteiger partial charge in [0, 0.05) is 46.4 Å². The lowest BCUT2D eigenvalue weighted by molar-refractivity contribution is -0.683. The quantitative estimate of drug-likeness (QED) is 0.0523. The summed E-state index contributed by atoms with van der Waals surface area (Å²) in [6.45, 7) is 7.50. The third-order valence-electron chi connectivity index (χ3n) is 10.3. The Balaban J connectivity index is 0.827. The molecule has 0 atom stereocenters. The monoisotopic (exact) mass is 751 g/mol. The van der Waals surface area contributed by atoms with Crippen LogP contribution in [0.2, 0.25) is 0 Å². The van der Waals surface area contributed by atoms with Crippen molar-refractivity contribution in [1.29, 1.82) is 0 Å². The smallest absolute Gasteiger partial charge is 0.285 e. The minimum Gasteiger partial charge on any atom is -0.497 e. The zero-order valence-corrected chi connectivity index (χ0v) is 32.5. The lowest BCUT2D eigenvalue weighted by atomic mass is 9.95. The first kappa shape index (κ1) is 37.7. The van der Waals surface area contributed by atoms with Gasteiger partial charge in [-0.2, -0.15) is 4.57 Å². The van der Waals surface area contributed by atoms with Crippen molar-refractivity contribution in [1.82, 2.24) is 15.6 Å². The van der Waals surface area contributed by atoms with Gasteiger partial charge in [-0.25, -0.2) is 0 Å². The molecule has 0 fully saturated rings. The number of aryl methyl sites for hydroxylation is 2. The van der Waals surface area contributed by atoms with Gasteiger partial charge in [0.1, 0.15) is 18.1 Å². The normalized spacial score (nSPS) is 11.9. The van der Waals surface area contributed by atoms with Crippen molar-refractivity contribution in [2.45, 2.75) is 39.7 Å². The van der Waals surface area contributed by atoms with Gasteiger partial charge in [-0.1, -0.05) is 90.8 Å². The predicted octanol–water partition coefficient (Wildman–Crippen LogP) is 9.50. The standard InChI is InChI=1S/C47H47ClN4O3/c1-32-41-30-52(27-23-39(41)33(2)47-44(32)40-29-38(54-3)21-22-42(40)51-47)31-43(53)50-25-12-6-11-24-49-26-28-55-37-19-17-35(18-20-37)45(34-13-7-4-8-14-34)46(48)36-15-9-5-10-16-36/h4-5,7-10,13-23,27,29-30,49H,6,11-12,24-26,28,31H2,1-3H3,(H,50,53)/p+1/b46-45+. The first-order valence-electron chi connectivity index (χ1n) is 19.0. The van der Waals surface area contributed by atoms with Crippen LogP contribution in [0.15, 0.2) is 122 Å². The van der Waals surface area contributed by atoms with E-state index in [9.17, 15) is 4.79 Å². The number of nitrogens with zero attached hydrogens (tertiary/aromatic N) is 1. The van der Waals surface area contributed by atoms with Gasteiger partial charge in [0.15, 0.2) is 12.4 Å². The number of unbranched alkanes of at least 4 members (excludes halogenated alkanes) is 2. The van der Waals surface area contributed by atoms with E-state index in [1.54, 1.807) is 7.11 Å². The number of pyridine rings is 1. The molecule has 5 aromatic carbocycles. The minimum atomic E-state index is 0.0199. The molecule has 7 aromatic rings. The highest BCUT2D eigenvalue weighted by Gasteiger charge is 2.18. The molecule has 0 saturated carbocycles. The summed E-state index contributed by atoms with van der Waals surface area (Å²) in [6.07, 6.45) is 7.10. The van der Waals surface area contributed by atoms with Crippen LogP contribution in [0.5, 0.6) is 11.5 Å². The van der Waals surface area contributed by atoms with Crippen LogP contribution in [0.3, 0.4) is 0 Å². The molecule has 0 bridgehead atoms. The Morgan fingerprint density at radius 1 is 0.727 bits per heavy atom. The van der Waals surface area contributed by atoms with Crippen LogP contribution < -0.4 is 24.7 Å². The van der Waals surface area contributed by atoms with Crippen LogP contribution in [0.1, 0.15) is 47.1 Å². The minimum absolute atomic E-state index is 0.0199. The highest BCUT2D eigenvalue weighted by Crippen LogP contribution is 2.38. The molecule has 0 aliphatic heterocycles. The molecule has 2 aromatic heterocycles. The second-order valence-corrected chi connectivity index (χ2v) is 14.3. The van der Waals surface area contributed by atoms with E-state index in [2.05, 4.69) is 78.1 Å². The summed E-state index contributed by atoms with van der Waals surface area (Å²) >= 11 is 6.97. The van der Waals surface area contributed by atoms with Gasteiger partial charge in [0.25, 0.3) is 5.91 Å². The number of methoxy groups -OCH3 is 1. The fourth-order valence-corrected chi connectivity index (χ4v) is 7.68. The SMILES string of the molecule is COc1ccc2[nH]c3c(C)c4cc[n+](CC(=O)NCCCCCNCCOc5ccc(/C(=C(/Cl)c6ccccc6)c6ccccc6)cc5)cc4c(C)c3c2c1. The number of benzene rings is 5. The Hall–Kier alpha value is -5.63. The number of amides is 1. The van der Waals surface area contributed by atoms with Crippen LogP contribution in [0, 0.1) is 13.8 Å². The van der Waals surface area contributed by atoms with Crippen LogP contribution in [-0.4, -0.2) is 44.2 Å². The maximum atomic E-state index is 12.9. The molecule has 8 heteroatoms. The molecular formula is C47H48ClN4O3+. The number of aromatic nitrogens is 2. The van der Waals surface area contributed by atoms with Crippen LogP contribution in [0.25, 0.3) is 43.2 Å². The van der Waals surface area contributed by atoms with Crippen molar-refractivity contribution in [2.75, 3.05) is 33.4 Å². The molecule has 55 heavy (non-hydrogen) atoms. The van der Waals surface area contributed by atoms with E-state index in [1.165, 1.54) is 21.9 Å². The van der Waals surface area contributed by atoms with Crippen LogP contribution in [0.4, 0.5) is 0 Å². The Bertz CT molecular complexity index is 2440. The van der Waals surface area contributed by atoms with Crippen molar-refractivity contribution in [3.05, 3.63) is 149 Å². The summed E-state index contributed by atoms with van der Waals surface area (Å²) in [5, 5.41) is 12.0. The fraction of sp³-hybridized carbons (Fsp3) is 0.234. The van der Waals surface area contributed by atoms with E-state index in [1.807, 2.05) is 77.5 Å². The Labute approximate surface area is 327 Å². The highest BCUT2D eigenvalue weighted by molar-refractivity contribution is 6.53. The number of nitrogens with one attached hydrogen (secondary N) is 3. The van der Waals surface area contributed by atoms with E-state index >= 15 is 0 Å². The van der Waals surface area contributed by atoms with E-state index in [0.29, 0.717) is 18.2 Å². The third-order valence-corrected chi connectivity index (χ3v) is 10.7. The number of carbonyl (C=O) groups is 1. The average molecular weight is 752 g/mol. The number of halogens is 1. The summed E-state index contributed by atoms with van der Waals surface area (Å²) in [4.78, 5) is 16.5. The van der Waals surface area contributed by atoms with Gasteiger partial charge in [-0.3, -0.25) is 4.79 Å². The van der Waals surface area contributed by atoms with Crippen molar-refractivity contribution >= 4 is 60.7 Å². The molecule has 0 unspecified atom stereocenters. The van der Waals surface area contributed by atoms with E-state index in [4.69, 9.17) is 21.1 Å². The molecule has 0 aliphatic carbocycles. The number of fused-ring (bicyclic) bond motifs is 4. The first-order valence-corrected chi connectivity index (χ1v) is 19.4. The maximum absolute atomic E-state index is 12.9. The molecule has 7 nitrogen and oxygen atoms in total. The van der Waals surface area contributed by atoms with E-state index < -0.39 is 0 Å². The summed E-state index contributed by atoms with van der Waals surface area (Å²) < 4.78 is 13.5. The largest absolute Gasteiger partial charge is 0.497 e. The molecule has 0 saturated heterocycles. The molecular weight excluding hydrogens is 704 g/mol. The molecule has 2 heterocycles. The third kappa shape index (κ3) is 8.69. The van der Waals surface area contributed by atoms with Gasteiger partial charge in [-0.15, -0.1) is 0 Å². The number of rotatable bonds is 16.